The van der Waals surface area contributed by atoms with E-state index in [-0.39, 0.29) is 43.6 Å². The predicted octanol–water partition coefficient (Wildman–Crippen LogP) is 5.35. The average molecular weight is 601 g/mol. The first-order chi connectivity index (χ1) is 21.1. The zero-order valence-electron chi connectivity index (χ0n) is 26.1. The molecule has 0 aromatic heterocycles. The summed E-state index contributed by atoms with van der Waals surface area (Å²) in [6.07, 6.45) is 1.53. The van der Waals surface area contributed by atoms with Gasteiger partial charge in [0.2, 0.25) is 11.7 Å². The highest BCUT2D eigenvalue weighted by atomic mass is 16.5. The minimum absolute atomic E-state index is 0.102. The van der Waals surface area contributed by atoms with Crippen LogP contribution < -0.4 is 10.6 Å². The molecule has 8 heteroatoms. The Kier molecular flexibility index (Phi) is 13.3. The first kappa shape index (κ1) is 34.2. The lowest BCUT2D eigenvalue weighted by atomic mass is 9.90. The highest BCUT2D eigenvalue weighted by molar-refractivity contribution is 6.38. The van der Waals surface area contributed by atoms with E-state index in [1.165, 1.54) is 0 Å². The van der Waals surface area contributed by atoms with Gasteiger partial charge in [-0.05, 0) is 46.6 Å². The van der Waals surface area contributed by atoms with Crippen LogP contribution in [0.3, 0.4) is 0 Å². The number of hydrogen-bond acceptors (Lipinski definition) is 6. The third-order valence-corrected chi connectivity index (χ3v) is 7.75. The van der Waals surface area contributed by atoms with Gasteiger partial charge in [0.25, 0.3) is 5.91 Å². The molecule has 0 spiro atoms. The summed E-state index contributed by atoms with van der Waals surface area (Å²) < 4.78 is 5.39. The summed E-state index contributed by atoms with van der Waals surface area (Å²) in [5, 5.41) is 7.40. The standard InChI is InChI=1S/C36H44N2O6/c1-5-25(4)33(38-35(42)30(19-24(2)3)21-32(40)44-23-27-11-7-6-8-12-27)34(41)36(43)37-22-31(39)18-16-26-15-17-28-13-9-10-14-29(28)20-26/h6-15,17,20,24-25,30,33H,5,16,18-19,21-23H2,1-4H3,(H,37,43)(H,38,42)/t25-,30+,33?/m0/s1. The molecule has 0 heterocycles. The number of hydrogen-bond donors (Lipinski definition) is 2. The Morgan fingerprint density at radius 2 is 1.50 bits per heavy atom. The lowest BCUT2D eigenvalue weighted by Gasteiger charge is -2.26. The molecule has 0 aliphatic heterocycles. The molecule has 0 saturated carbocycles. The lowest BCUT2D eigenvalue weighted by molar-refractivity contribution is -0.149. The lowest BCUT2D eigenvalue weighted by Crippen LogP contribution is -2.52. The minimum Gasteiger partial charge on any atom is -0.461 e. The van der Waals surface area contributed by atoms with Crippen LogP contribution in [-0.4, -0.2) is 41.9 Å². The summed E-state index contributed by atoms with van der Waals surface area (Å²) in [4.78, 5) is 64.5. The van der Waals surface area contributed by atoms with Gasteiger partial charge in [-0.25, -0.2) is 0 Å². The Bertz CT molecular complexity index is 1430. The highest BCUT2D eigenvalue weighted by Crippen LogP contribution is 2.20. The summed E-state index contributed by atoms with van der Waals surface area (Å²) in [6.45, 7) is 7.34. The van der Waals surface area contributed by atoms with E-state index in [0.29, 0.717) is 19.3 Å². The number of Topliss-reactive ketones (excluding diaryl/α,β-unsaturated/α-hetero) is 2. The number of aryl methyl sites for hydroxylation is 1. The Morgan fingerprint density at radius 3 is 2.18 bits per heavy atom. The fraction of sp³-hybridized carbons (Fsp3) is 0.417. The quantitative estimate of drug-likeness (QED) is 0.159. The van der Waals surface area contributed by atoms with Crippen molar-refractivity contribution in [2.75, 3.05) is 6.54 Å². The van der Waals surface area contributed by atoms with E-state index < -0.39 is 35.5 Å². The number of fused-ring (bicyclic) bond motifs is 1. The topological polar surface area (TPSA) is 119 Å². The van der Waals surface area contributed by atoms with Crippen LogP contribution in [0.2, 0.25) is 0 Å². The molecule has 8 nitrogen and oxygen atoms in total. The summed E-state index contributed by atoms with van der Waals surface area (Å²) in [5.41, 5.74) is 1.85. The van der Waals surface area contributed by atoms with Crippen molar-refractivity contribution in [3.05, 3.63) is 83.9 Å². The van der Waals surface area contributed by atoms with Crippen molar-refractivity contribution < 1.29 is 28.7 Å². The zero-order chi connectivity index (χ0) is 32.1. The Hall–Kier alpha value is -4.33. The monoisotopic (exact) mass is 600 g/mol. The number of ether oxygens (including phenoxy) is 1. The third-order valence-electron chi connectivity index (χ3n) is 7.75. The van der Waals surface area contributed by atoms with E-state index in [2.05, 4.69) is 10.6 Å². The van der Waals surface area contributed by atoms with E-state index in [1.54, 1.807) is 6.92 Å². The van der Waals surface area contributed by atoms with Crippen molar-refractivity contribution in [1.29, 1.82) is 0 Å². The number of carbonyl (C=O) groups excluding carboxylic acids is 5. The molecule has 0 bridgehead atoms. The van der Waals surface area contributed by atoms with Crippen molar-refractivity contribution >= 4 is 40.1 Å². The van der Waals surface area contributed by atoms with Crippen LogP contribution in [0.25, 0.3) is 10.8 Å². The number of benzene rings is 3. The highest BCUT2D eigenvalue weighted by Gasteiger charge is 2.34. The number of carbonyl (C=O) groups is 5. The molecule has 1 unspecified atom stereocenters. The second kappa shape index (κ2) is 17.1. The smallest absolute Gasteiger partial charge is 0.306 e. The van der Waals surface area contributed by atoms with Crippen LogP contribution in [0.15, 0.2) is 72.8 Å². The van der Waals surface area contributed by atoms with E-state index in [9.17, 15) is 24.0 Å². The summed E-state index contributed by atoms with van der Waals surface area (Å²) in [5.74, 6) is -3.89. The van der Waals surface area contributed by atoms with E-state index in [1.807, 2.05) is 93.6 Å². The van der Waals surface area contributed by atoms with Crippen LogP contribution in [0.4, 0.5) is 0 Å². The largest absolute Gasteiger partial charge is 0.461 e. The molecule has 2 N–H and O–H groups in total. The first-order valence-electron chi connectivity index (χ1n) is 15.4. The van der Waals surface area contributed by atoms with Crippen molar-refractivity contribution in [3.63, 3.8) is 0 Å². The fourth-order valence-corrected chi connectivity index (χ4v) is 5.00. The van der Waals surface area contributed by atoms with Gasteiger partial charge in [0.05, 0.1) is 19.0 Å². The van der Waals surface area contributed by atoms with Crippen LogP contribution in [0.1, 0.15) is 64.5 Å². The molecule has 3 aromatic carbocycles. The molecule has 44 heavy (non-hydrogen) atoms. The maximum Gasteiger partial charge on any atom is 0.306 e. The number of esters is 1. The molecule has 0 fully saturated rings. The van der Waals surface area contributed by atoms with Crippen molar-refractivity contribution in [2.45, 2.75) is 72.4 Å². The molecule has 0 radical (unpaired) electrons. The van der Waals surface area contributed by atoms with Crippen LogP contribution in [0.5, 0.6) is 0 Å². The summed E-state index contributed by atoms with van der Waals surface area (Å²) in [7, 11) is 0. The molecule has 0 aliphatic carbocycles. The van der Waals surface area contributed by atoms with Crippen LogP contribution >= 0.6 is 0 Å². The minimum atomic E-state index is -1.09. The van der Waals surface area contributed by atoms with Crippen LogP contribution in [-0.2, 0) is 41.7 Å². The van der Waals surface area contributed by atoms with Gasteiger partial charge in [0.1, 0.15) is 6.61 Å². The molecule has 2 amide bonds. The van der Waals surface area contributed by atoms with E-state index in [4.69, 9.17) is 4.74 Å². The number of ketones is 2. The van der Waals surface area contributed by atoms with Gasteiger partial charge in [-0.15, -0.1) is 0 Å². The average Bonchev–Trinajstić information content (AvgIpc) is 3.03. The molecule has 0 aliphatic rings. The molecule has 3 atom stereocenters. The normalized spacial score (nSPS) is 13.1. The third kappa shape index (κ3) is 10.7. The van der Waals surface area contributed by atoms with Crippen LogP contribution in [0, 0.1) is 17.8 Å². The number of amides is 2. The Balaban J connectivity index is 1.55. The maximum absolute atomic E-state index is 13.4. The fourth-order valence-electron chi connectivity index (χ4n) is 5.00. The van der Waals surface area contributed by atoms with Gasteiger partial charge in [-0.2, -0.15) is 0 Å². The molecule has 234 valence electrons. The van der Waals surface area contributed by atoms with Crippen molar-refractivity contribution in [1.82, 2.24) is 10.6 Å². The second-order valence-corrected chi connectivity index (χ2v) is 11.8. The molecular weight excluding hydrogens is 556 g/mol. The Labute approximate surface area is 259 Å². The second-order valence-electron chi connectivity index (χ2n) is 11.8. The number of nitrogens with one attached hydrogen (secondary N) is 2. The van der Waals surface area contributed by atoms with E-state index >= 15 is 0 Å². The summed E-state index contributed by atoms with van der Waals surface area (Å²) >= 11 is 0. The molecule has 3 aromatic rings. The van der Waals surface area contributed by atoms with Crippen molar-refractivity contribution in [3.8, 4) is 0 Å². The molecule has 3 rings (SSSR count). The predicted molar refractivity (Wildman–Crippen MR) is 170 cm³/mol. The van der Waals surface area contributed by atoms with E-state index in [0.717, 1.165) is 21.9 Å². The maximum atomic E-state index is 13.4. The molecule has 0 saturated heterocycles. The van der Waals surface area contributed by atoms with Gasteiger partial charge in [-0.3, -0.25) is 24.0 Å². The SMILES string of the molecule is CC[C@H](C)C(NC(=O)[C@@H](CC(=O)OCc1ccccc1)CC(C)C)C(=O)C(=O)NCC(=O)CCc1ccc2ccccc2c1. The van der Waals surface area contributed by atoms with Gasteiger partial charge >= 0.3 is 5.97 Å². The van der Waals surface area contributed by atoms with Gasteiger partial charge in [-0.1, -0.05) is 107 Å². The van der Waals surface area contributed by atoms with Gasteiger partial charge < -0.3 is 15.4 Å². The first-order valence-corrected chi connectivity index (χ1v) is 15.4. The Morgan fingerprint density at radius 1 is 0.818 bits per heavy atom. The van der Waals surface area contributed by atoms with Gasteiger partial charge in [0.15, 0.2) is 5.78 Å². The van der Waals surface area contributed by atoms with Crippen molar-refractivity contribution in [2.24, 2.45) is 17.8 Å². The summed E-state index contributed by atoms with van der Waals surface area (Å²) in [6, 6.07) is 22.2. The molecular formula is C36H44N2O6. The number of rotatable bonds is 17. The van der Waals surface area contributed by atoms with Gasteiger partial charge in [0, 0.05) is 12.3 Å². The zero-order valence-corrected chi connectivity index (χ0v) is 26.1.